The molecule has 2 rings (SSSR count). The minimum atomic E-state index is -0.0131. The number of halogens is 1. The van der Waals surface area contributed by atoms with E-state index in [0.29, 0.717) is 5.76 Å². The minimum Gasteiger partial charge on any atom is -0.512 e. The van der Waals surface area contributed by atoms with Gasteiger partial charge in [0.05, 0.1) is 5.76 Å². The Bertz CT molecular complexity index is 366. The van der Waals surface area contributed by atoms with E-state index in [1.54, 1.807) is 0 Å². The van der Waals surface area contributed by atoms with Gasteiger partial charge < -0.3 is 5.11 Å². The normalized spacial score (nSPS) is 17.8. The smallest absolute Gasteiger partial charge is 0.0915 e. The Balaban J connectivity index is 2.15. The summed E-state index contributed by atoms with van der Waals surface area (Å²) in [7, 11) is 0. The number of aliphatic hydroxyl groups excluding tert-OH is 1. The quantitative estimate of drug-likeness (QED) is 0.811. The molecule has 1 aliphatic rings. The maximum absolute atomic E-state index is 9.47. The molecule has 0 heterocycles. The van der Waals surface area contributed by atoms with Gasteiger partial charge >= 0.3 is 0 Å². The number of rotatable bonds is 3. The van der Waals surface area contributed by atoms with Crippen LogP contribution in [0.1, 0.15) is 18.4 Å². The number of benzene rings is 1. The fraction of sp³-hybridized carbons (Fsp3) is 0.333. The third-order valence-corrected chi connectivity index (χ3v) is 3.39. The summed E-state index contributed by atoms with van der Waals surface area (Å²) in [6.45, 7) is 3.65. The van der Waals surface area contributed by atoms with Gasteiger partial charge in [0.25, 0.3) is 0 Å². The first kappa shape index (κ1) is 9.78. The predicted octanol–water partition coefficient (Wildman–Crippen LogP) is 3.84. The molecule has 1 aromatic carbocycles. The van der Waals surface area contributed by atoms with Crippen LogP contribution >= 0.6 is 15.9 Å². The average Bonchev–Trinajstić information content (AvgIpc) is 2.85. The molecule has 1 aromatic rings. The number of hydrogen-bond donors (Lipinski definition) is 1. The third-order valence-electron chi connectivity index (χ3n) is 2.90. The molecular formula is C12H13BrO. The Morgan fingerprint density at radius 2 is 2.21 bits per heavy atom. The topological polar surface area (TPSA) is 20.2 Å². The van der Waals surface area contributed by atoms with Gasteiger partial charge in [0.15, 0.2) is 0 Å². The SMILES string of the molecule is C=C(O)C1(Cc2cccc(Br)c2)CC1. The van der Waals surface area contributed by atoms with Crippen LogP contribution in [-0.4, -0.2) is 5.11 Å². The van der Waals surface area contributed by atoms with Crippen molar-refractivity contribution in [1.29, 1.82) is 0 Å². The van der Waals surface area contributed by atoms with Crippen molar-refractivity contribution in [1.82, 2.24) is 0 Å². The van der Waals surface area contributed by atoms with Crippen LogP contribution in [0.15, 0.2) is 41.1 Å². The molecule has 1 nitrogen and oxygen atoms in total. The molecule has 1 aliphatic carbocycles. The highest BCUT2D eigenvalue weighted by Crippen LogP contribution is 2.52. The highest BCUT2D eigenvalue weighted by atomic mass is 79.9. The lowest BCUT2D eigenvalue weighted by atomic mass is 9.95. The summed E-state index contributed by atoms with van der Waals surface area (Å²) >= 11 is 3.44. The maximum Gasteiger partial charge on any atom is 0.0915 e. The Morgan fingerprint density at radius 3 is 2.71 bits per heavy atom. The van der Waals surface area contributed by atoms with Crippen LogP contribution in [-0.2, 0) is 6.42 Å². The molecule has 0 aromatic heterocycles. The Hall–Kier alpha value is -0.760. The van der Waals surface area contributed by atoms with Crippen LogP contribution in [0, 0.1) is 5.41 Å². The van der Waals surface area contributed by atoms with Crippen LogP contribution in [0.5, 0.6) is 0 Å². The molecular weight excluding hydrogens is 240 g/mol. The van der Waals surface area contributed by atoms with Crippen molar-refractivity contribution in [2.24, 2.45) is 5.41 Å². The van der Waals surface area contributed by atoms with Gasteiger partial charge in [-0.25, -0.2) is 0 Å². The molecule has 74 valence electrons. The van der Waals surface area contributed by atoms with E-state index in [4.69, 9.17) is 0 Å². The van der Waals surface area contributed by atoms with Gasteiger partial charge in [0, 0.05) is 9.89 Å². The summed E-state index contributed by atoms with van der Waals surface area (Å²) < 4.78 is 1.09. The van der Waals surface area contributed by atoms with E-state index in [1.807, 2.05) is 12.1 Å². The Labute approximate surface area is 92.6 Å². The first-order valence-corrected chi connectivity index (χ1v) is 5.54. The lowest BCUT2D eigenvalue weighted by Crippen LogP contribution is -2.07. The second kappa shape index (κ2) is 3.43. The van der Waals surface area contributed by atoms with Crippen molar-refractivity contribution < 1.29 is 5.11 Å². The molecule has 0 bridgehead atoms. The van der Waals surface area contributed by atoms with Crippen molar-refractivity contribution in [2.45, 2.75) is 19.3 Å². The Morgan fingerprint density at radius 1 is 1.50 bits per heavy atom. The third kappa shape index (κ3) is 1.85. The zero-order valence-corrected chi connectivity index (χ0v) is 9.55. The zero-order chi connectivity index (χ0) is 10.2. The van der Waals surface area contributed by atoms with Gasteiger partial charge in [0.1, 0.15) is 0 Å². The van der Waals surface area contributed by atoms with Gasteiger partial charge in [0.2, 0.25) is 0 Å². The molecule has 0 aliphatic heterocycles. The summed E-state index contributed by atoms with van der Waals surface area (Å²) in [5, 5.41) is 9.47. The molecule has 0 atom stereocenters. The summed E-state index contributed by atoms with van der Waals surface area (Å²) in [6.07, 6.45) is 3.03. The molecule has 0 spiro atoms. The molecule has 0 amide bonds. The zero-order valence-electron chi connectivity index (χ0n) is 7.96. The van der Waals surface area contributed by atoms with Crippen LogP contribution in [0.3, 0.4) is 0 Å². The van der Waals surface area contributed by atoms with Crippen molar-refractivity contribution in [3.63, 3.8) is 0 Å². The molecule has 2 heteroatoms. The average molecular weight is 253 g/mol. The largest absolute Gasteiger partial charge is 0.512 e. The molecule has 1 N–H and O–H groups in total. The number of hydrogen-bond acceptors (Lipinski definition) is 1. The van der Waals surface area contributed by atoms with Crippen LogP contribution in [0.2, 0.25) is 0 Å². The Kier molecular flexibility index (Phi) is 2.40. The molecule has 0 radical (unpaired) electrons. The highest BCUT2D eigenvalue weighted by molar-refractivity contribution is 9.10. The van der Waals surface area contributed by atoms with Crippen LogP contribution < -0.4 is 0 Å². The van der Waals surface area contributed by atoms with E-state index in [2.05, 4.69) is 34.6 Å². The molecule has 14 heavy (non-hydrogen) atoms. The first-order chi connectivity index (χ1) is 6.62. The van der Waals surface area contributed by atoms with E-state index in [-0.39, 0.29) is 5.41 Å². The van der Waals surface area contributed by atoms with Crippen molar-refractivity contribution in [2.75, 3.05) is 0 Å². The van der Waals surface area contributed by atoms with E-state index in [0.717, 1.165) is 23.7 Å². The van der Waals surface area contributed by atoms with E-state index in [1.165, 1.54) is 5.56 Å². The van der Waals surface area contributed by atoms with Crippen molar-refractivity contribution in [3.8, 4) is 0 Å². The summed E-state index contributed by atoms with van der Waals surface area (Å²) in [4.78, 5) is 0. The fourth-order valence-corrected chi connectivity index (χ4v) is 2.20. The first-order valence-electron chi connectivity index (χ1n) is 4.75. The van der Waals surface area contributed by atoms with E-state index >= 15 is 0 Å². The second-order valence-corrected chi connectivity index (χ2v) is 4.95. The fourth-order valence-electron chi connectivity index (χ4n) is 1.76. The monoisotopic (exact) mass is 252 g/mol. The van der Waals surface area contributed by atoms with Gasteiger partial charge in [-0.3, -0.25) is 0 Å². The summed E-state index contributed by atoms with van der Waals surface area (Å²) in [5.74, 6) is 0.345. The summed E-state index contributed by atoms with van der Waals surface area (Å²) in [5.41, 5.74) is 1.24. The molecule has 1 saturated carbocycles. The van der Waals surface area contributed by atoms with E-state index in [9.17, 15) is 5.11 Å². The summed E-state index contributed by atoms with van der Waals surface area (Å²) in [6, 6.07) is 8.23. The van der Waals surface area contributed by atoms with Crippen LogP contribution in [0.4, 0.5) is 0 Å². The second-order valence-electron chi connectivity index (χ2n) is 4.03. The standard InChI is InChI=1S/C12H13BrO/c1-9(14)12(5-6-12)8-10-3-2-4-11(13)7-10/h2-4,7,14H,1,5-6,8H2. The van der Waals surface area contributed by atoms with E-state index < -0.39 is 0 Å². The van der Waals surface area contributed by atoms with Gasteiger partial charge in [-0.2, -0.15) is 0 Å². The molecule has 0 saturated heterocycles. The molecule has 0 unspecified atom stereocenters. The minimum absolute atomic E-state index is 0.0131. The lowest BCUT2D eigenvalue weighted by molar-refractivity contribution is 0.317. The van der Waals surface area contributed by atoms with Gasteiger partial charge in [-0.1, -0.05) is 34.6 Å². The van der Waals surface area contributed by atoms with Gasteiger partial charge in [-0.05, 0) is 37.0 Å². The van der Waals surface area contributed by atoms with Crippen molar-refractivity contribution in [3.05, 3.63) is 46.6 Å². The molecule has 1 fully saturated rings. The number of allylic oxidation sites excluding steroid dienone is 1. The lowest BCUT2D eigenvalue weighted by Gasteiger charge is -2.13. The number of aliphatic hydroxyl groups is 1. The van der Waals surface area contributed by atoms with Crippen molar-refractivity contribution >= 4 is 15.9 Å². The maximum atomic E-state index is 9.47. The highest BCUT2D eigenvalue weighted by Gasteiger charge is 2.45. The predicted molar refractivity (Wildman–Crippen MR) is 61.3 cm³/mol. The van der Waals surface area contributed by atoms with Crippen LogP contribution in [0.25, 0.3) is 0 Å². The van der Waals surface area contributed by atoms with Gasteiger partial charge in [-0.15, -0.1) is 0 Å².